The van der Waals surface area contributed by atoms with E-state index in [1.165, 1.54) is 0 Å². The van der Waals surface area contributed by atoms with Crippen LogP contribution >= 0.6 is 0 Å². The number of ether oxygens (including phenoxy) is 1. The zero-order valence-corrected chi connectivity index (χ0v) is 15.2. The number of methoxy groups -OCH3 is 1. The standard InChI is InChI=1S/C18H23N7O/c1-11-6-16(22-10-21-11)25-9-14(26-3)7-13(25)8-20-18-15-4-5-19-17(15)23-12(2)24-18/h4-6,10,13-14H,7-9H2,1-3H3,(H2,19,20,23,24)/t13-,14-/m0/s1. The molecule has 0 saturated carbocycles. The van der Waals surface area contributed by atoms with E-state index >= 15 is 0 Å². The molecule has 1 aliphatic heterocycles. The summed E-state index contributed by atoms with van der Waals surface area (Å²) < 4.78 is 5.61. The van der Waals surface area contributed by atoms with Crippen molar-refractivity contribution in [2.45, 2.75) is 32.4 Å². The number of fused-ring (bicyclic) bond motifs is 1. The van der Waals surface area contributed by atoms with Crippen LogP contribution in [0.2, 0.25) is 0 Å². The Morgan fingerprint density at radius 2 is 2.19 bits per heavy atom. The van der Waals surface area contributed by atoms with Gasteiger partial charge in [0, 0.05) is 38.2 Å². The first kappa shape index (κ1) is 16.7. The smallest absolute Gasteiger partial charge is 0.143 e. The second-order valence-corrected chi connectivity index (χ2v) is 6.66. The number of aryl methyl sites for hydroxylation is 2. The van der Waals surface area contributed by atoms with Gasteiger partial charge in [-0.05, 0) is 26.3 Å². The van der Waals surface area contributed by atoms with Crippen LogP contribution in [0.3, 0.4) is 0 Å². The predicted octanol–water partition coefficient (Wildman–Crippen LogP) is 2.07. The lowest BCUT2D eigenvalue weighted by atomic mass is 10.2. The SMILES string of the molecule is CO[C@H]1C[C@@H](CNc2nc(C)nc3[nH]ccc23)N(c2cc(C)ncn2)C1. The molecule has 8 heteroatoms. The van der Waals surface area contributed by atoms with E-state index < -0.39 is 0 Å². The summed E-state index contributed by atoms with van der Waals surface area (Å²) in [5.74, 6) is 2.54. The van der Waals surface area contributed by atoms with E-state index in [1.807, 2.05) is 32.2 Å². The third-order valence-electron chi connectivity index (χ3n) is 4.83. The van der Waals surface area contributed by atoms with Crippen molar-refractivity contribution in [2.24, 2.45) is 0 Å². The van der Waals surface area contributed by atoms with Crippen molar-refractivity contribution in [3.05, 3.63) is 36.2 Å². The molecular formula is C18H23N7O. The fourth-order valence-electron chi connectivity index (χ4n) is 3.52. The van der Waals surface area contributed by atoms with Gasteiger partial charge in [-0.3, -0.25) is 0 Å². The van der Waals surface area contributed by atoms with Crippen LogP contribution in [0.4, 0.5) is 11.6 Å². The molecule has 8 nitrogen and oxygen atoms in total. The Labute approximate surface area is 152 Å². The van der Waals surface area contributed by atoms with Gasteiger partial charge >= 0.3 is 0 Å². The van der Waals surface area contributed by atoms with Crippen LogP contribution in [0.15, 0.2) is 24.7 Å². The molecule has 1 saturated heterocycles. The molecule has 0 unspecified atom stereocenters. The first-order valence-corrected chi connectivity index (χ1v) is 8.77. The van der Waals surface area contributed by atoms with Gasteiger partial charge in [-0.15, -0.1) is 0 Å². The van der Waals surface area contributed by atoms with Gasteiger partial charge in [0.25, 0.3) is 0 Å². The van der Waals surface area contributed by atoms with Crippen LogP contribution in [0.1, 0.15) is 17.9 Å². The number of H-pyrrole nitrogens is 1. The van der Waals surface area contributed by atoms with E-state index in [-0.39, 0.29) is 12.1 Å². The summed E-state index contributed by atoms with van der Waals surface area (Å²) in [4.78, 5) is 23.1. The minimum absolute atomic E-state index is 0.191. The third kappa shape index (κ3) is 3.20. The average molecular weight is 353 g/mol. The van der Waals surface area contributed by atoms with Crippen molar-refractivity contribution < 1.29 is 4.74 Å². The summed E-state index contributed by atoms with van der Waals surface area (Å²) in [5, 5.41) is 4.51. The number of anilines is 2. The molecule has 0 aliphatic carbocycles. The quantitative estimate of drug-likeness (QED) is 0.725. The highest BCUT2D eigenvalue weighted by Gasteiger charge is 2.33. The molecule has 26 heavy (non-hydrogen) atoms. The van der Waals surface area contributed by atoms with Crippen molar-refractivity contribution in [2.75, 3.05) is 30.4 Å². The van der Waals surface area contributed by atoms with E-state index in [4.69, 9.17) is 4.74 Å². The molecule has 136 valence electrons. The van der Waals surface area contributed by atoms with Crippen LogP contribution in [0.25, 0.3) is 11.0 Å². The molecule has 0 radical (unpaired) electrons. The van der Waals surface area contributed by atoms with E-state index in [1.54, 1.807) is 13.4 Å². The van der Waals surface area contributed by atoms with Crippen molar-refractivity contribution in [3.8, 4) is 0 Å². The van der Waals surface area contributed by atoms with Crippen molar-refractivity contribution in [1.29, 1.82) is 0 Å². The maximum Gasteiger partial charge on any atom is 0.143 e. The molecule has 2 N–H and O–H groups in total. The van der Waals surface area contributed by atoms with Crippen molar-refractivity contribution >= 4 is 22.7 Å². The Morgan fingerprint density at radius 1 is 1.31 bits per heavy atom. The fraction of sp³-hybridized carbons (Fsp3) is 0.444. The molecule has 3 aromatic rings. The maximum absolute atomic E-state index is 5.61. The van der Waals surface area contributed by atoms with E-state index in [0.717, 1.165) is 53.7 Å². The molecule has 4 heterocycles. The van der Waals surface area contributed by atoms with Crippen LogP contribution in [-0.4, -0.2) is 57.3 Å². The normalized spacial score (nSPS) is 20.0. The first-order chi connectivity index (χ1) is 12.6. The van der Waals surface area contributed by atoms with Gasteiger partial charge in [0.1, 0.15) is 29.4 Å². The number of rotatable bonds is 5. The Hall–Kier alpha value is -2.74. The van der Waals surface area contributed by atoms with Crippen LogP contribution in [-0.2, 0) is 4.74 Å². The number of nitrogens with one attached hydrogen (secondary N) is 2. The highest BCUT2D eigenvalue weighted by molar-refractivity contribution is 5.87. The van der Waals surface area contributed by atoms with Crippen LogP contribution in [0.5, 0.6) is 0 Å². The number of nitrogens with zero attached hydrogens (tertiary/aromatic N) is 5. The summed E-state index contributed by atoms with van der Waals surface area (Å²) in [6, 6.07) is 4.28. The zero-order chi connectivity index (χ0) is 18.1. The largest absolute Gasteiger partial charge is 0.380 e. The van der Waals surface area contributed by atoms with E-state index in [0.29, 0.717) is 0 Å². The monoisotopic (exact) mass is 353 g/mol. The second-order valence-electron chi connectivity index (χ2n) is 6.66. The molecular weight excluding hydrogens is 330 g/mol. The molecule has 2 atom stereocenters. The molecule has 1 aliphatic rings. The first-order valence-electron chi connectivity index (χ1n) is 8.77. The van der Waals surface area contributed by atoms with Gasteiger partial charge in [0.2, 0.25) is 0 Å². The number of aromatic nitrogens is 5. The van der Waals surface area contributed by atoms with Crippen LogP contribution < -0.4 is 10.2 Å². The fourth-order valence-corrected chi connectivity index (χ4v) is 3.52. The Balaban J connectivity index is 1.56. The second kappa shape index (κ2) is 6.87. The lowest BCUT2D eigenvalue weighted by molar-refractivity contribution is 0.118. The lowest BCUT2D eigenvalue weighted by Crippen LogP contribution is -2.36. The molecule has 3 aromatic heterocycles. The molecule has 0 aromatic carbocycles. The van der Waals surface area contributed by atoms with Crippen molar-refractivity contribution in [3.63, 3.8) is 0 Å². The van der Waals surface area contributed by atoms with Crippen LogP contribution in [0, 0.1) is 13.8 Å². The minimum atomic E-state index is 0.191. The summed E-state index contributed by atoms with van der Waals surface area (Å²) in [7, 11) is 1.76. The van der Waals surface area contributed by atoms with Gasteiger partial charge in [-0.25, -0.2) is 19.9 Å². The van der Waals surface area contributed by atoms with Crippen molar-refractivity contribution in [1.82, 2.24) is 24.9 Å². The van der Waals surface area contributed by atoms with Gasteiger partial charge in [0.15, 0.2) is 0 Å². The number of hydrogen-bond donors (Lipinski definition) is 2. The predicted molar refractivity (Wildman–Crippen MR) is 100 cm³/mol. The summed E-state index contributed by atoms with van der Waals surface area (Å²) in [6.45, 7) is 5.45. The van der Waals surface area contributed by atoms with E-state index in [9.17, 15) is 0 Å². The maximum atomic E-state index is 5.61. The van der Waals surface area contributed by atoms with Gasteiger partial charge < -0.3 is 19.9 Å². The summed E-state index contributed by atoms with van der Waals surface area (Å²) in [6.07, 6.45) is 4.63. The average Bonchev–Trinajstić information content (AvgIpc) is 3.26. The molecule has 0 spiro atoms. The Kier molecular flexibility index (Phi) is 4.42. The summed E-state index contributed by atoms with van der Waals surface area (Å²) >= 11 is 0. The van der Waals surface area contributed by atoms with E-state index in [2.05, 4.69) is 35.1 Å². The number of aromatic amines is 1. The number of hydrogen-bond acceptors (Lipinski definition) is 7. The molecule has 0 amide bonds. The third-order valence-corrected chi connectivity index (χ3v) is 4.83. The summed E-state index contributed by atoms with van der Waals surface area (Å²) in [5.41, 5.74) is 1.81. The zero-order valence-electron chi connectivity index (χ0n) is 15.2. The molecule has 0 bridgehead atoms. The minimum Gasteiger partial charge on any atom is -0.380 e. The lowest BCUT2D eigenvalue weighted by Gasteiger charge is -2.26. The van der Waals surface area contributed by atoms with Gasteiger partial charge in [-0.1, -0.05) is 0 Å². The topological polar surface area (TPSA) is 91.8 Å². The highest BCUT2D eigenvalue weighted by Crippen LogP contribution is 2.27. The highest BCUT2D eigenvalue weighted by atomic mass is 16.5. The Bertz CT molecular complexity index is 909. The van der Waals surface area contributed by atoms with Gasteiger partial charge in [-0.2, -0.15) is 0 Å². The van der Waals surface area contributed by atoms with Gasteiger partial charge in [0.05, 0.1) is 17.5 Å². The molecule has 4 rings (SSSR count). The Morgan fingerprint density at radius 3 is 3.00 bits per heavy atom. The molecule has 1 fully saturated rings.